The van der Waals surface area contributed by atoms with Gasteiger partial charge >= 0.3 is 0 Å². The second-order valence-electron chi connectivity index (χ2n) is 6.51. The van der Waals surface area contributed by atoms with Crippen molar-refractivity contribution in [1.29, 1.82) is 0 Å². The van der Waals surface area contributed by atoms with Crippen LogP contribution in [0.3, 0.4) is 0 Å². The van der Waals surface area contributed by atoms with Crippen molar-refractivity contribution >= 4 is 27.6 Å². The minimum absolute atomic E-state index is 0.0360. The smallest absolute Gasteiger partial charge is 0.275 e. The van der Waals surface area contributed by atoms with Gasteiger partial charge in [0.25, 0.3) is 5.91 Å². The van der Waals surface area contributed by atoms with Gasteiger partial charge in [-0.05, 0) is 47.1 Å². The van der Waals surface area contributed by atoms with Crippen molar-refractivity contribution in [2.24, 2.45) is 7.05 Å². The zero-order valence-corrected chi connectivity index (χ0v) is 16.2. The zero-order chi connectivity index (χ0) is 18.8. The fourth-order valence-electron chi connectivity index (χ4n) is 3.15. The molecule has 1 aliphatic rings. The minimum Gasteiger partial charge on any atom is -0.332 e. The molecule has 2 aromatic rings. The highest BCUT2D eigenvalue weighted by Gasteiger charge is 2.31. The van der Waals surface area contributed by atoms with E-state index in [0.717, 1.165) is 0 Å². The maximum atomic E-state index is 13.0. The Morgan fingerprint density at radius 1 is 1.27 bits per heavy atom. The van der Waals surface area contributed by atoms with Crippen LogP contribution in [0.2, 0.25) is 0 Å². The number of hydrogen-bond acceptors (Lipinski definition) is 4. The van der Waals surface area contributed by atoms with Crippen molar-refractivity contribution in [1.82, 2.24) is 19.6 Å². The summed E-state index contributed by atoms with van der Waals surface area (Å²) in [4.78, 5) is 28.9. The molecule has 1 aromatic carbocycles. The average molecular weight is 423 g/mol. The number of aromatic nitrogens is 2. The van der Waals surface area contributed by atoms with Gasteiger partial charge in [0.15, 0.2) is 11.5 Å². The van der Waals surface area contributed by atoms with Crippen LogP contribution in [0.4, 0.5) is 4.39 Å². The molecule has 1 saturated heterocycles. The number of piperazine rings is 1. The molecule has 0 unspecified atom stereocenters. The van der Waals surface area contributed by atoms with Crippen LogP contribution < -0.4 is 0 Å². The van der Waals surface area contributed by atoms with Gasteiger partial charge in [-0.1, -0.05) is 0 Å². The van der Waals surface area contributed by atoms with Crippen LogP contribution >= 0.6 is 15.9 Å². The molecule has 1 fully saturated rings. The summed E-state index contributed by atoms with van der Waals surface area (Å²) < 4.78 is 15.2. The second kappa shape index (κ2) is 7.67. The molecule has 1 atom stereocenters. The molecule has 2 heterocycles. The van der Waals surface area contributed by atoms with Crippen molar-refractivity contribution in [2.45, 2.75) is 13.0 Å². The summed E-state index contributed by atoms with van der Waals surface area (Å²) in [7, 11) is 1.77. The van der Waals surface area contributed by atoms with E-state index in [1.165, 1.54) is 24.3 Å². The fraction of sp³-hybridized carbons (Fsp3) is 0.389. The summed E-state index contributed by atoms with van der Waals surface area (Å²) in [6.07, 6.45) is 1.75. The number of ketones is 1. The normalized spacial score (nSPS) is 18.2. The number of rotatable bonds is 4. The van der Waals surface area contributed by atoms with Crippen LogP contribution in [0.25, 0.3) is 0 Å². The van der Waals surface area contributed by atoms with E-state index in [9.17, 15) is 14.0 Å². The van der Waals surface area contributed by atoms with E-state index in [0.29, 0.717) is 35.4 Å². The molecule has 8 heteroatoms. The van der Waals surface area contributed by atoms with Gasteiger partial charge in [-0.25, -0.2) is 4.39 Å². The Balaban J connectivity index is 1.61. The Bertz CT molecular complexity index is 821. The molecule has 0 saturated carbocycles. The third-order valence-corrected chi connectivity index (χ3v) is 5.07. The third-order valence-electron chi connectivity index (χ3n) is 4.49. The predicted molar refractivity (Wildman–Crippen MR) is 98.6 cm³/mol. The largest absolute Gasteiger partial charge is 0.332 e. The monoisotopic (exact) mass is 422 g/mol. The van der Waals surface area contributed by atoms with E-state index in [2.05, 4.69) is 21.0 Å². The number of hydrogen-bond donors (Lipinski definition) is 0. The number of halogens is 2. The highest BCUT2D eigenvalue weighted by molar-refractivity contribution is 9.10. The first-order valence-corrected chi connectivity index (χ1v) is 9.15. The SMILES string of the molecule is C[C@@H]1CN(CC(=O)c2ccc(F)cc2)CCN1C(=O)c1nn(C)cc1Br. The van der Waals surface area contributed by atoms with Gasteiger partial charge in [-0.3, -0.25) is 19.2 Å². The van der Waals surface area contributed by atoms with Gasteiger partial charge in [0.1, 0.15) is 5.82 Å². The van der Waals surface area contributed by atoms with Gasteiger partial charge in [0.2, 0.25) is 0 Å². The number of amides is 1. The molecule has 1 amide bonds. The lowest BCUT2D eigenvalue weighted by molar-refractivity contribution is 0.0476. The van der Waals surface area contributed by atoms with Crippen LogP contribution in [0.5, 0.6) is 0 Å². The van der Waals surface area contributed by atoms with Gasteiger partial charge in [0.05, 0.1) is 11.0 Å². The molecule has 3 rings (SSSR count). The lowest BCUT2D eigenvalue weighted by atomic mass is 10.1. The number of Topliss-reactive ketones (excluding diaryl/α,β-unsaturated/α-hetero) is 1. The Morgan fingerprint density at radius 3 is 2.54 bits per heavy atom. The molecule has 138 valence electrons. The van der Waals surface area contributed by atoms with Gasteiger partial charge in [0, 0.05) is 44.5 Å². The molecule has 26 heavy (non-hydrogen) atoms. The van der Waals surface area contributed by atoms with Crippen LogP contribution in [0.15, 0.2) is 34.9 Å². The molecule has 6 nitrogen and oxygen atoms in total. The lowest BCUT2D eigenvalue weighted by Gasteiger charge is -2.39. The highest BCUT2D eigenvalue weighted by atomic mass is 79.9. The molecular weight excluding hydrogens is 403 g/mol. The third kappa shape index (κ3) is 4.02. The molecular formula is C18H20BrFN4O2. The molecule has 0 bridgehead atoms. The second-order valence-corrected chi connectivity index (χ2v) is 7.37. The van der Waals surface area contributed by atoms with E-state index in [1.54, 1.807) is 22.8 Å². The molecule has 0 spiro atoms. The summed E-state index contributed by atoms with van der Waals surface area (Å²) in [5.41, 5.74) is 0.894. The maximum Gasteiger partial charge on any atom is 0.275 e. The van der Waals surface area contributed by atoms with E-state index in [4.69, 9.17) is 0 Å². The summed E-state index contributed by atoms with van der Waals surface area (Å²) in [5, 5.41) is 4.21. The van der Waals surface area contributed by atoms with Crippen LogP contribution in [-0.2, 0) is 7.05 Å². The number of aryl methyl sites for hydroxylation is 1. The van der Waals surface area contributed by atoms with Crippen molar-refractivity contribution < 1.29 is 14.0 Å². The van der Waals surface area contributed by atoms with Crippen molar-refractivity contribution in [3.63, 3.8) is 0 Å². The Hall–Kier alpha value is -2.06. The number of nitrogens with zero attached hydrogens (tertiary/aromatic N) is 4. The van der Waals surface area contributed by atoms with E-state index >= 15 is 0 Å². The Kier molecular flexibility index (Phi) is 5.52. The number of carbonyl (C=O) groups is 2. The first kappa shape index (κ1) is 18.7. The van der Waals surface area contributed by atoms with E-state index < -0.39 is 0 Å². The number of benzene rings is 1. The molecule has 0 N–H and O–H groups in total. The van der Waals surface area contributed by atoms with Gasteiger partial charge in [-0.15, -0.1) is 0 Å². The number of carbonyl (C=O) groups excluding carboxylic acids is 2. The average Bonchev–Trinajstić information content (AvgIpc) is 2.93. The van der Waals surface area contributed by atoms with Crippen LogP contribution in [0, 0.1) is 5.82 Å². The van der Waals surface area contributed by atoms with Crippen molar-refractivity contribution in [3.8, 4) is 0 Å². The fourth-order valence-corrected chi connectivity index (χ4v) is 3.69. The molecule has 0 radical (unpaired) electrons. The maximum absolute atomic E-state index is 13.0. The first-order valence-electron chi connectivity index (χ1n) is 8.36. The van der Waals surface area contributed by atoms with Crippen molar-refractivity contribution in [3.05, 3.63) is 52.0 Å². The minimum atomic E-state index is -0.358. The first-order chi connectivity index (χ1) is 12.3. The van der Waals surface area contributed by atoms with E-state index in [1.807, 2.05) is 11.8 Å². The van der Waals surface area contributed by atoms with Crippen LogP contribution in [0.1, 0.15) is 27.8 Å². The quantitative estimate of drug-likeness (QED) is 0.709. The topological polar surface area (TPSA) is 58.4 Å². The Morgan fingerprint density at radius 2 is 1.96 bits per heavy atom. The molecule has 0 aliphatic carbocycles. The summed E-state index contributed by atoms with van der Waals surface area (Å²) in [6.45, 7) is 3.95. The van der Waals surface area contributed by atoms with Crippen LogP contribution in [-0.4, -0.2) is 63.5 Å². The predicted octanol–water partition coefficient (Wildman–Crippen LogP) is 2.35. The standard InChI is InChI=1S/C18H20BrFN4O2/c1-12-9-23(11-16(25)13-3-5-14(20)6-4-13)7-8-24(12)18(26)17-15(19)10-22(2)21-17/h3-6,10,12H,7-9,11H2,1-2H3/t12-/m1/s1. The van der Waals surface area contributed by atoms with Gasteiger partial charge < -0.3 is 4.90 Å². The zero-order valence-electron chi connectivity index (χ0n) is 14.7. The summed E-state index contributed by atoms with van der Waals surface area (Å²) >= 11 is 3.37. The highest BCUT2D eigenvalue weighted by Crippen LogP contribution is 2.20. The lowest BCUT2D eigenvalue weighted by Crippen LogP contribution is -2.55. The summed E-state index contributed by atoms with van der Waals surface area (Å²) in [6, 6.07) is 5.54. The van der Waals surface area contributed by atoms with E-state index in [-0.39, 0.29) is 30.1 Å². The molecule has 1 aliphatic heterocycles. The summed E-state index contributed by atoms with van der Waals surface area (Å²) in [5.74, 6) is -0.526. The Labute approximate surface area is 159 Å². The van der Waals surface area contributed by atoms with Gasteiger partial charge in [-0.2, -0.15) is 5.10 Å². The molecule has 1 aromatic heterocycles. The van der Waals surface area contributed by atoms with Crippen molar-refractivity contribution in [2.75, 3.05) is 26.2 Å².